The Morgan fingerprint density at radius 1 is 1.04 bits per heavy atom. The molecular weight excluding hydrogens is 333 g/mol. The van der Waals surface area contributed by atoms with Gasteiger partial charge in [0.05, 0.1) is 17.2 Å². The van der Waals surface area contributed by atoms with Crippen LogP contribution in [0.25, 0.3) is 0 Å². The Kier molecular flexibility index (Phi) is 6.31. The first kappa shape index (κ1) is 17.6. The van der Waals surface area contributed by atoms with Crippen molar-refractivity contribution in [3.05, 3.63) is 63.6 Å². The molecule has 1 amide bonds. The van der Waals surface area contributed by atoms with E-state index in [9.17, 15) is 4.79 Å². The number of rotatable bonds is 6. The normalized spacial score (nSPS) is 10.4. The second-order valence-corrected chi connectivity index (χ2v) is 6.16. The molecule has 0 fully saturated rings. The van der Waals surface area contributed by atoms with Crippen molar-refractivity contribution in [3.63, 3.8) is 0 Å². The van der Waals surface area contributed by atoms with E-state index in [1.807, 2.05) is 30.3 Å². The van der Waals surface area contributed by atoms with Crippen molar-refractivity contribution < 1.29 is 9.53 Å². The largest absolute Gasteiger partial charge is 0.497 e. The first-order valence-corrected chi connectivity index (χ1v) is 8.06. The van der Waals surface area contributed by atoms with E-state index < -0.39 is 0 Å². The fraction of sp³-hybridized carbons (Fsp3) is 0.278. The summed E-state index contributed by atoms with van der Waals surface area (Å²) in [4.78, 5) is 13.9. The van der Waals surface area contributed by atoms with Gasteiger partial charge in [-0.05, 0) is 41.8 Å². The molecule has 0 heterocycles. The molecule has 2 aromatic rings. The number of hydrogen-bond donors (Lipinski definition) is 0. The molecule has 0 bridgehead atoms. The van der Waals surface area contributed by atoms with Crippen LogP contribution in [0.3, 0.4) is 0 Å². The van der Waals surface area contributed by atoms with Gasteiger partial charge in [0.1, 0.15) is 5.75 Å². The Balaban J connectivity index is 1.87. The molecule has 0 aromatic heterocycles. The van der Waals surface area contributed by atoms with E-state index >= 15 is 0 Å². The Bertz CT molecular complexity index is 671. The Hall–Kier alpha value is -1.71. The first-order valence-electron chi connectivity index (χ1n) is 7.30. The van der Waals surface area contributed by atoms with Crippen LogP contribution in [0.15, 0.2) is 42.5 Å². The molecule has 0 saturated heterocycles. The number of nitrogens with zero attached hydrogens (tertiary/aromatic N) is 1. The van der Waals surface area contributed by atoms with Gasteiger partial charge < -0.3 is 9.64 Å². The zero-order valence-corrected chi connectivity index (χ0v) is 14.7. The van der Waals surface area contributed by atoms with Gasteiger partial charge in [-0.2, -0.15) is 0 Å². The van der Waals surface area contributed by atoms with Crippen LogP contribution in [-0.2, 0) is 17.8 Å². The molecule has 0 aliphatic heterocycles. The van der Waals surface area contributed by atoms with Gasteiger partial charge in [0.25, 0.3) is 0 Å². The highest BCUT2D eigenvalue weighted by Gasteiger charge is 2.10. The highest BCUT2D eigenvalue weighted by molar-refractivity contribution is 6.42. The second kappa shape index (κ2) is 8.23. The highest BCUT2D eigenvalue weighted by atomic mass is 35.5. The van der Waals surface area contributed by atoms with E-state index in [2.05, 4.69) is 0 Å². The summed E-state index contributed by atoms with van der Waals surface area (Å²) in [6.07, 6.45) is 1.17. The van der Waals surface area contributed by atoms with Gasteiger partial charge >= 0.3 is 0 Å². The smallest absolute Gasteiger partial charge is 0.222 e. The highest BCUT2D eigenvalue weighted by Crippen LogP contribution is 2.23. The Labute approximate surface area is 146 Å². The summed E-state index contributed by atoms with van der Waals surface area (Å²) < 4.78 is 5.12. The van der Waals surface area contributed by atoms with Crippen molar-refractivity contribution in [2.24, 2.45) is 0 Å². The van der Waals surface area contributed by atoms with Gasteiger partial charge in [0.15, 0.2) is 0 Å². The summed E-state index contributed by atoms with van der Waals surface area (Å²) in [5, 5.41) is 1.02. The SMILES string of the molecule is COc1ccc(CCC(=O)N(C)Cc2ccc(Cl)c(Cl)c2)cc1. The molecule has 122 valence electrons. The van der Waals surface area contributed by atoms with Crippen LogP contribution >= 0.6 is 23.2 Å². The van der Waals surface area contributed by atoms with Crippen molar-refractivity contribution in [2.75, 3.05) is 14.2 Å². The number of hydrogen-bond acceptors (Lipinski definition) is 2. The molecule has 0 radical (unpaired) electrons. The van der Waals surface area contributed by atoms with Crippen molar-refractivity contribution in [3.8, 4) is 5.75 Å². The third-order valence-electron chi connectivity index (χ3n) is 3.62. The quantitative estimate of drug-likeness (QED) is 0.761. The van der Waals surface area contributed by atoms with E-state index in [1.165, 1.54) is 0 Å². The number of carbonyl (C=O) groups is 1. The minimum absolute atomic E-state index is 0.0897. The molecule has 23 heavy (non-hydrogen) atoms. The lowest BCUT2D eigenvalue weighted by molar-refractivity contribution is -0.130. The molecule has 2 rings (SSSR count). The van der Waals surface area contributed by atoms with Crippen molar-refractivity contribution in [2.45, 2.75) is 19.4 Å². The summed E-state index contributed by atoms with van der Waals surface area (Å²) in [5.41, 5.74) is 2.07. The zero-order chi connectivity index (χ0) is 16.8. The number of aryl methyl sites for hydroxylation is 1. The average molecular weight is 352 g/mol. The van der Waals surface area contributed by atoms with Crippen LogP contribution < -0.4 is 4.74 Å². The van der Waals surface area contributed by atoms with Crippen LogP contribution in [0.2, 0.25) is 10.0 Å². The van der Waals surface area contributed by atoms with E-state index in [0.717, 1.165) is 16.9 Å². The third-order valence-corrected chi connectivity index (χ3v) is 4.36. The Morgan fingerprint density at radius 2 is 1.70 bits per heavy atom. The van der Waals surface area contributed by atoms with Crippen LogP contribution in [0.4, 0.5) is 0 Å². The van der Waals surface area contributed by atoms with Crippen molar-refractivity contribution in [1.82, 2.24) is 4.90 Å². The lowest BCUT2D eigenvalue weighted by atomic mass is 10.1. The second-order valence-electron chi connectivity index (χ2n) is 5.35. The summed E-state index contributed by atoms with van der Waals surface area (Å²) in [6.45, 7) is 0.512. The summed E-state index contributed by atoms with van der Waals surface area (Å²) in [7, 11) is 3.43. The number of carbonyl (C=O) groups excluding carboxylic acids is 1. The molecule has 0 N–H and O–H groups in total. The topological polar surface area (TPSA) is 29.5 Å². The van der Waals surface area contributed by atoms with E-state index in [0.29, 0.717) is 29.4 Å². The maximum atomic E-state index is 12.2. The maximum absolute atomic E-state index is 12.2. The lowest BCUT2D eigenvalue weighted by Crippen LogP contribution is -2.26. The van der Waals surface area contributed by atoms with Gasteiger partial charge in [-0.3, -0.25) is 4.79 Å². The first-order chi connectivity index (χ1) is 11.0. The van der Waals surface area contributed by atoms with Crippen molar-refractivity contribution in [1.29, 1.82) is 0 Å². The van der Waals surface area contributed by atoms with Crippen LogP contribution in [0, 0.1) is 0 Å². The average Bonchev–Trinajstić information content (AvgIpc) is 2.56. The monoisotopic (exact) mass is 351 g/mol. The van der Waals surface area contributed by atoms with Gasteiger partial charge in [-0.15, -0.1) is 0 Å². The maximum Gasteiger partial charge on any atom is 0.222 e. The lowest BCUT2D eigenvalue weighted by Gasteiger charge is -2.17. The van der Waals surface area contributed by atoms with E-state index in [4.69, 9.17) is 27.9 Å². The van der Waals surface area contributed by atoms with Gasteiger partial charge in [0.2, 0.25) is 5.91 Å². The number of halogens is 2. The van der Waals surface area contributed by atoms with Crippen LogP contribution in [0.1, 0.15) is 17.5 Å². The van der Waals surface area contributed by atoms with Crippen LogP contribution in [-0.4, -0.2) is 25.0 Å². The van der Waals surface area contributed by atoms with E-state index in [1.54, 1.807) is 31.2 Å². The predicted octanol–water partition coefficient (Wildman–Crippen LogP) is 4.59. The number of ether oxygens (including phenoxy) is 1. The third kappa shape index (κ3) is 5.15. The molecule has 0 saturated carbocycles. The molecular formula is C18H19Cl2NO2. The molecule has 0 aliphatic carbocycles. The number of methoxy groups -OCH3 is 1. The fourth-order valence-electron chi connectivity index (χ4n) is 2.23. The van der Waals surface area contributed by atoms with Gasteiger partial charge in [-0.25, -0.2) is 0 Å². The summed E-state index contributed by atoms with van der Waals surface area (Å²) in [5.74, 6) is 0.906. The predicted molar refractivity (Wildman–Crippen MR) is 94.3 cm³/mol. The zero-order valence-electron chi connectivity index (χ0n) is 13.2. The standard InChI is InChI=1S/C18H19Cl2NO2/c1-21(12-14-5-9-16(19)17(20)11-14)18(22)10-6-13-3-7-15(23-2)8-4-13/h3-5,7-9,11H,6,10,12H2,1-2H3. The molecule has 3 nitrogen and oxygen atoms in total. The number of benzene rings is 2. The summed E-state index contributed by atoms with van der Waals surface area (Å²) >= 11 is 11.9. The number of amides is 1. The molecule has 0 atom stereocenters. The van der Waals surface area contributed by atoms with Crippen molar-refractivity contribution >= 4 is 29.1 Å². The Morgan fingerprint density at radius 3 is 2.30 bits per heavy atom. The molecule has 5 heteroatoms. The van der Waals surface area contributed by atoms with E-state index in [-0.39, 0.29) is 5.91 Å². The van der Waals surface area contributed by atoms with Gasteiger partial charge in [0, 0.05) is 20.0 Å². The minimum Gasteiger partial charge on any atom is -0.497 e. The molecule has 0 unspecified atom stereocenters. The van der Waals surface area contributed by atoms with Gasteiger partial charge in [-0.1, -0.05) is 41.4 Å². The fourth-order valence-corrected chi connectivity index (χ4v) is 2.56. The van der Waals surface area contributed by atoms with Crippen LogP contribution in [0.5, 0.6) is 5.75 Å². The summed E-state index contributed by atoms with van der Waals surface area (Å²) in [6, 6.07) is 13.2. The molecule has 0 spiro atoms. The minimum atomic E-state index is 0.0897. The molecule has 2 aromatic carbocycles. The molecule has 0 aliphatic rings.